The summed E-state index contributed by atoms with van der Waals surface area (Å²) in [6.45, 7) is 5.81. The zero-order valence-corrected chi connectivity index (χ0v) is 21.9. The monoisotopic (exact) mass is 544 g/mol. The van der Waals surface area contributed by atoms with Gasteiger partial charge < -0.3 is 10.1 Å². The summed E-state index contributed by atoms with van der Waals surface area (Å²) in [4.78, 5) is 13.1. The van der Waals surface area contributed by atoms with E-state index in [2.05, 4.69) is 21.2 Å². The third kappa shape index (κ3) is 6.68. The Morgan fingerprint density at radius 2 is 1.74 bits per heavy atom. The molecule has 3 aromatic rings. The largest absolute Gasteiger partial charge is 0.494 e. The Morgan fingerprint density at radius 3 is 2.35 bits per heavy atom. The molecule has 6 nitrogen and oxygen atoms in total. The van der Waals surface area contributed by atoms with Gasteiger partial charge in [-0.1, -0.05) is 58.4 Å². The minimum atomic E-state index is -3.94. The molecule has 0 aliphatic rings. The first-order valence-electron chi connectivity index (χ1n) is 11.0. The molecule has 0 aliphatic heterocycles. The maximum Gasteiger partial charge on any atom is 0.243 e. The first-order valence-corrected chi connectivity index (χ1v) is 13.3. The number of amides is 1. The van der Waals surface area contributed by atoms with Crippen LogP contribution in [0.4, 0.5) is 0 Å². The zero-order chi connectivity index (χ0) is 24.7. The lowest BCUT2D eigenvalue weighted by molar-refractivity contribution is -0.122. The van der Waals surface area contributed by atoms with Gasteiger partial charge in [0, 0.05) is 11.0 Å². The molecule has 8 heteroatoms. The maximum atomic E-state index is 13.6. The van der Waals surface area contributed by atoms with Crippen molar-refractivity contribution in [2.45, 2.75) is 38.3 Å². The van der Waals surface area contributed by atoms with Crippen LogP contribution in [0.1, 0.15) is 36.6 Å². The van der Waals surface area contributed by atoms with Gasteiger partial charge in [0.15, 0.2) is 0 Å². The number of nitrogens with one attached hydrogen (secondary N) is 1. The molecule has 180 valence electrons. The number of hydrogen-bond donors (Lipinski definition) is 1. The summed E-state index contributed by atoms with van der Waals surface area (Å²) in [5.74, 6) is 0.259. The van der Waals surface area contributed by atoms with Crippen molar-refractivity contribution in [2.75, 3.05) is 13.2 Å². The zero-order valence-electron chi connectivity index (χ0n) is 19.5. The van der Waals surface area contributed by atoms with E-state index in [1.165, 1.54) is 10.4 Å². The van der Waals surface area contributed by atoms with Gasteiger partial charge in [-0.25, -0.2) is 8.42 Å². The van der Waals surface area contributed by atoms with Gasteiger partial charge in [0.05, 0.1) is 24.1 Å². The predicted molar refractivity (Wildman–Crippen MR) is 137 cm³/mol. The van der Waals surface area contributed by atoms with Crippen LogP contribution in [0.2, 0.25) is 0 Å². The lowest BCUT2D eigenvalue weighted by Crippen LogP contribution is -2.41. The van der Waals surface area contributed by atoms with E-state index in [-0.39, 0.29) is 29.9 Å². The molecule has 0 fully saturated rings. The molecule has 0 radical (unpaired) electrons. The quantitative estimate of drug-likeness (QED) is 0.379. The van der Waals surface area contributed by atoms with Crippen molar-refractivity contribution in [1.82, 2.24) is 9.62 Å². The van der Waals surface area contributed by atoms with Gasteiger partial charge in [-0.2, -0.15) is 4.31 Å². The van der Waals surface area contributed by atoms with Gasteiger partial charge in [0.1, 0.15) is 5.75 Å². The number of carbonyl (C=O) groups is 1. The third-order valence-electron chi connectivity index (χ3n) is 5.35. The van der Waals surface area contributed by atoms with Gasteiger partial charge in [-0.15, -0.1) is 0 Å². The van der Waals surface area contributed by atoms with Crippen molar-refractivity contribution < 1.29 is 17.9 Å². The Kier molecular flexibility index (Phi) is 8.88. The molecule has 3 rings (SSSR count). The van der Waals surface area contributed by atoms with Crippen LogP contribution in [-0.4, -0.2) is 31.8 Å². The Bertz CT molecular complexity index is 1220. The summed E-state index contributed by atoms with van der Waals surface area (Å²) in [6, 6.07) is 21.4. The van der Waals surface area contributed by atoms with E-state index in [9.17, 15) is 13.2 Å². The van der Waals surface area contributed by atoms with E-state index in [0.29, 0.717) is 12.4 Å². The van der Waals surface area contributed by atoms with Crippen molar-refractivity contribution in [3.05, 3.63) is 94.0 Å². The maximum absolute atomic E-state index is 13.6. The molecule has 0 bridgehead atoms. The van der Waals surface area contributed by atoms with Crippen molar-refractivity contribution in [1.29, 1.82) is 0 Å². The van der Waals surface area contributed by atoms with Crippen LogP contribution in [0, 0.1) is 6.92 Å². The average molecular weight is 545 g/mol. The normalized spacial score (nSPS) is 12.4. The molecular formula is C26H29BrN2O4S. The van der Waals surface area contributed by atoms with Gasteiger partial charge >= 0.3 is 0 Å². The molecule has 0 spiro atoms. The van der Waals surface area contributed by atoms with Crippen molar-refractivity contribution in [3.63, 3.8) is 0 Å². The standard InChI is InChI=1S/C26H29BrN2O4S/c1-4-33-25-15-14-24(16-19(25)2)34(31,32)29(17-21-8-6-5-7-9-21)18-26(30)28-20(3)22-10-12-23(27)13-11-22/h5-16,20H,4,17-18H2,1-3H3,(H,28,30)/t20-/m0/s1. The average Bonchev–Trinajstić information content (AvgIpc) is 2.81. The Hall–Kier alpha value is -2.68. The second-order valence-electron chi connectivity index (χ2n) is 7.96. The first-order chi connectivity index (χ1) is 16.2. The molecule has 3 aromatic carbocycles. The molecule has 0 aliphatic carbocycles. The van der Waals surface area contributed by atoms with Crippen LogP contribution >= 0.6 is 15.9 Å². The molecule has 34 heavy (non-hydrogen) atoms. The number of aryl methyl sites for hydroxylation is 1. The number of sulfonamides is 1. The molecule has 0 saturated carbocycles. The molecule has 0 heterocycles. The first kappa shape index (κ1) is 25.9. The molecule has 0 saturated heterocycles. The Morgan fingerprint density at radius 1 is 1.06 bits per heavy atom. The van der Waals surface area contributed by atoms with Crippen LogP contribution < -0.4 is 10.1 Å². The number of halogens is 1. The lowest BCUT2D eigenvalue weighted by atomic mass is 10.1. The number of carbonyl (C=O) groups excluding carboxylic acids is 1. The Labute approximate surface area is 210 Å². The summed E-state index contributed by atoms with van der Waals surface area (Å²) < 4.78 is 34.9. The number of nitrogens with zero attached hydrogens (tertiary/aromatic N) is 1. The summed E-state index contributed by atoms with van der Waals surface area (Å²) in [6.07, 6.45) is 0. The molecule has 0 aromatic heterocycles. The van der Waals surface area contributed by atoms with Crippen LogP contribution in [0.15, 0.2) is 82.2 Å². The van der Waals surface area contributed by atoms with Crippen LogP contribution in [0.25, 0.3) is 0 Å². The molecule has 1 N–H and O–H groups in total. The fourth-order valence-electron chi connectivity index (χ4n) is 3.54. The summed E-state index contributed by atoms with van der Waals surface area (Å²) in [7, 11) is -3.94. The highest BCUT2D eigenvalue weighted by molar-refractivity contribution is 9.10. The SMILES string of the molecule is CCOc1ccc(S(=O)(=O)N(CC(=O)N[C@@H](C)c2ccc(Br)cc2)Cc2ccccc2)cc1C. The Balaban J connectivity index is 1.85. The minimum absolute atomic E-state index is 0.0789. The van der Waals surface area contributed by atoms with Gasteiger partial charge in [0.2, 0.25) is 15.9 Å². The van der Waals surface area contributed by atoms with Crippen molar-refractivity contribution >= 4 is 31.9 Å². The van der Waals surface area contributed by atoms with E-state index in [4.69, 9.17) is 4.74 Å². The van der Waals surface area contributed by atoms with Gasteiger partial charge in [-0.3, -0.25) is 4.79 Å². The molecular weight excluding hydrogens is 516 g/mol. The topological polar surface area (TPSA) is 75.7 Å². The second-order valence-corrected chi connectivity index (χ2v) is 10.8. The van der Waals surface area contributed by atoms with E-state index in [0.717, 1.165) is 21.2 Å². The number of ether oxygens (including phenoxy) is 1. The predicted octanol–water partition coefficient (Wildman–Crippen LogP) is 5.22. The fourth-order valence-corrected chi connectivity index (χ4v) is 5.28. The van der Waals surface area contributed by atoms with Crippen LogP contribution in [-0.2, 0) is 21.4 Å². The van der Waals surface area contributed by atoms with Crippen molar-refractivity contribution in [3.8, 4) is 5.75 Å². The number of hydrogen-bond acceptors (Lipinski definition) is 4. The van der Waals surface area contributed by atoms with Crippen LogP contribution in [0.3, 0.4) is 0 Å². The summed E-state index contributed by atoms with van der Waals surface area (Å²) in [5, 5.41) is 2.91. The van der Waals surface area contributed by atoms with E-state index < -0.39 is 10.0 Å². The molecule has 1 amide bonds. The molecule has 1 atom stereocenters. The number of benzene rings is 3. The molecule has 0 unspecified atom stereocenters. The van der Waals surface area contributed by atoms with E-state index in [1.807, 2.05) is 68.4 Å². The van der Waals surface area contributed by atoms with E-state index >= 15 is 0 Å². The third-order valence-corrected chi connectivity index (χ3v) is 7.67. The lowest BCUT2D eigenvalue weighted by Gasteiger charge is -2.24. The minimum Gasteiger partial charge on any atom is -0.494 e. The highest BCUT2D eigenvalue weighted by atomic mass is 79.9. The van der Waals surface area contributed by atoms with Crippen LogP contribution in [0.5, 0.6) is 5.75 Å². The van der Waals surface area contributed by atoms with E-state index in [1.54, 1.807) is 19.1 Å². The highest BCUT2D eigenvalue weighted by Gasteiger charge is 2.28. The summed E-state index contributed by atoms with van der Waals surface area (Å²) in [5.41, 5.74) is 2.44. The fraction of sp³-hybridized carbons (Fsp3) is 0.269. The summed E-state index contributed by atoms with van der Waals surface area (Å²) >= 11 is 3.40. The second kappa shape index (κ2) is 11.6. The highest BCUT2D eigenvalue weighted by Crippen LogP contribution is 2.25. The van der Waals surface area contributed by atoms with Crippen molar-refractivity contribution in [2.24, 2.45) is 0 Å². The number of rotatable bonds is 10. The van der Waals surface area contributed by atoms with Gasteiger partial charge in [0.25, 0.3) is 0 Å². The smallest absolute Gasteiger partial charge is 0.243 e. The van der Waals surface area contributed by atoms with Gasteiger partial charge in [-0.05, 0) is 67.8 Å².